The molecule has 0 bridgehead atoms. The number of halogens is 3. The Hall–Kier alpha value is -2.48. The van der Waals surface area contributed by atoms with Crippen LogP contribution in [0.3, 0.4) is 0 Å². The fraction of sp³-hybridized carbons (Fsp3) is 0.333. The standard InChI is InChI=1S/C21H21F3N2O2S/c1-25(13-11-21(22,23)24)20(28)16-7-3-5-9-18(16)29-14-19(27)26-12-10-15-6-2-4-8-17(15)26/h2-9H,10-14H2,1H3. The number of hydrogen-bond donors (Lipinski definition) is 0. The molecule has 8 heteroatoms. The molecule has 0 radical (unpaired) electrons. The third kappa shape index (κ3) is 5.32. The van der Waals surface area contributed by atoms with Gasteiger partial charge in [0, 0.05) is 30.7 Å². The second-order valence-corrected chi connectivity index (χ2v) is 7.82. The van der Waals surface area contributed by atoms with Gasteiger partial charge in [0.25, 0.3) is 5.91 Å². The highest BCUT2D eigenvalue weighted by Crippen LogP contribution is 2.30. The number of carbonyl (C=O) groups is 2. The van der Waals surface area contributed by atoms with Crippen molar-refractivity contribution in [3.8, 4) is 0 Å². The van der Waals surface area contributed by atoms with Gasteiger partial charge in [-0.15, -0.1) is 11.8 Å². The number of carbonyl (C=O) groups excluding carboxylic acids is 2. The Labute approximate surface area is 171 Å². The summed E-state index contributed by atoms with van der Waals surface area (Å²) in [5, 5.41) is 0. The van der Waals surface area contributed by atoms with Crippen molar-refractivity contribution < 1.29 is 22.8 Å². The van der Waals surface area contributed by atoms with Crippen LogP contribution in [0.15, 0.2) is 53.4 Å². The van der Waals surface area contributed by atoms with Gasteiger partial charge in [-0.3, -0.25) is 9.59 Å². The van der Waals surface area contributed by atoms with Gasteiger partial charge in [-0.05, 0) is 30.2 Å². The summed E-state index contributed by atoms with van der Waals surface area (Å²) in [7, 11) is 1.35. The van der Waals surface area contributed by atoms with E-state index in [0.29, 0.717) is 17.0 Å². The monoisotopic (exact) mass is 422 g/mol. The number of anilines is 1. The normalized spacial score (nSPS) is 13.3. The minimum Gasteiger partial charge on any atom is -0.341 e. The Kier molecular flexibility index (Phi) is 6.52. The first-order valence-electron chi connectivity index (χ1n) is 9.18. The SMILES string of the molecule is CN(CCC(F)(F)F)C(=O)c1ccccc1SCC(=O)N1CCc2ccccc21. The van der Waals surface area contributed by atoms with Crippen molar-refractivity contribution in [2.24, 2.45) is 0 Å². The van der Waals surface area contributed by atoms with Crippen LogP contribution in [-0.4, -0.2) is 48.8 Å². The first-order valence-corrected chi connectivity index (χ1v) is 10.2. The first-order chi connectivity index (χ1) is 13.8. The van der Waals surface area contributed by atoms with E-state index in [9.17, 15) is 22.8 Å². The number of rotatable bonds is 6. The topological polar surface area (TPSA) is 40.6 Å². The maximum Gasteiger partial charge on any atom is 0.390 e. The Morgan fingerprint density at radius 1 is 1.10 bits per heavy atom. The Morgan fingerprint density at radius 2 is 1.79 bits per heavy atom. The van der Waals surface area contributed by atoms with Crippen molar-refractivity contribution in [3.63, 3.8) is 0 Å². The van der Waals surface area contributed by atoms with E-state index in [-0.39, 0.29) is 11.7 Å². The van der Waals surface area contributed by atoms with Gasteiger partial charge in [-0.25, -0.2) is 0 Å². The molecule has 0 atom stereocenters. The number of thioether (sulfide) groups is 1. The summed E-state index contributed by atoms with van der Waals surface area (Å²) >= 11 is 1.23. The van der Waals surface area contributed by atoms with E-state index in [0.717, 1.165) is 22.6 Å². The van der Waals surface area contributed by atoms with E-state index in [1.807, 2.05) is 24.3 Å². The van der Waals surface area contributed by atoms with Gasteiger partial charge >= 0.3 is 6.18 Å². The minimum absolute atomic E-state index is 0.0624. The predicted octanol–water partition coefficient (Wildman–Crippen LogP) is 4.39. The van der Waals surface area contributed by atoms with Crippen LogP contribution in [-0.2, 0) is 11.2 Å². The first kappa shape index (κ1) is 21.2. The van der Waals surface area contributed by atoms with Crippen LogP contribution in [0.25, 0.3) is 0 Å². The molecule has 0 aliphatic carbocycles. The van der Waals surface area contributed by atoms with Gasteiger partial charge < -0.3 is 9.80 Å². The van der Waals surface area contributed by atoms with Crippen molar-refractivity contribution in [1.82, 2.24) is 4.90 Å². The van der Waals surface area contributed by atoms with Gasteiger partial charge in [0.2, 0.25) is 5.91 Å². The summed E-state index contributed by atoms with van der Waals surface area (Å²) in [4.78, 5) is 28.7. The quantitative estimate of drug-likeness (QED) is 0.649. The molecule has 2 aromatic carbocycles. The predicted molar refractivity (Wildman–Crippen MR) is 107 cm³/mol. The molecule has 2 amide bonds. The number of nitrogens with zero attached hydrogens (tertiary/aromatic N) is 2. The van der Waals surface area contributed by atoms with Crippen LogP contribution >= 0.6 is 11.8 Å². The molecule has 29 heavy (non-hydrogen) atoms. The molecule has 154 valence electrons. The Balaban J connectivity index is 1.65. The van der Waals surface area contributed by atoms with E-state index in [1.54, 1.807) is 29.2 Å². The summed E-state index contributed by atoms with van der Waals surface area (Å²) in [6.07, 6.45) is -4.57. The molecule has 0 unspecified atom stereocenters. The molecule has 0 fully saturated rings. The van der Waals surface area contributed by atoms with Crippen molar-refractivity contribution in [2.45, 2.75) is 23.9 Å². The summed E-state index contributed by atoms with van der Waals surface area (Å²) in [6.45, 7) is 0.213. The van der Waals surface area contributed by atoms with E-state index < -0.39 is 25.0 Å². The molecule has 1 aliphatic rings. The lowest BCUT2D eigenvalue weighted by molar-refractivity contribution is -0.136. The number of hydrogen-bond acceptors (Lipinski definition) is 3. The summed E-state index contributed by atoms with van der Waals surface area (Å²) < 4.78 is 37.3. The van der Waals surface area contributed by atoms with Crippen LogP contribution in [0.5, 0.6) is 0 Å². The highest BCUT2D eigenvalue weighted by molar-refractivity contribution is 8.00. The zero-order chi connectivity index (χ0) is 21.0. The van der Waals surface area contributed by atoms with E-state index in [1.165, 1.54) is 18.8 Å². The van der Waals surface area contributed by atoms with Crippen molar-refractivity contribution >= 4 is 29.3 Å². The lowest BCUT2D eigenvalue weighted by Crippen LogP contribution is -2.31. The van der Waals surface area contributed by atoms with Gasteiger partial charge in [0.05, 0.1) is 17.7 Å². The molecule has 4 nitrogen and oxygen atoms in total. The van der Waals surface area contributed by atoms with E-state index in [2.05, 4.69) is 0 Å². The van der Waals surface area contributed by atoms with Crippen LogP contribution in [0.2, 0.25) is 0 Å². The fourth-order valence-electron chi connectivity index (χ4n) is 3.19. The molecule has 0 aromatic heterocycles. The average molecular weight is 422 g/mol. The van der Waals surface area contributed by atoms with Gasteiger partial charge in [-0.1, -0.05) is 30.3 Å². The number of amides is 2. The van der Waals surface area contributed by atoms with Gasteiger partial charge in [-0.2, -0.15) is 13.2 Å². The number of benzene rings is 2. The zero-order valence-corrected chi connectivity index (χ0v) is 16.7. The van der Waals surface area contributed by atoms with Crippen LogP contribution in [0.1, 0.15) is 22.3 Å². The fourth-order valence-corrected chi connectivity index (χ4v) is 4.11. The third-order valence-corrected chi connectivity index (χ3v) is 5.79. The minimum atomic E-state index is -4.32. The Bertz CT molecular complexity index is 901. The highest BCUT2D eigenvalue weighted by atomic mass is 32.2. The van der Waals surface area contributed by atoms with E-state index in [4.69, 9.17) is 0 Å². The largest absolute Gasteiger partial charge is 0.390 e. The van der Waals surface area contributed by atoms with Crippen LogP contribution in [0, 0.1) is 0 Å². The van der Waals surface area contributed by atoms with Crippen molar-refractivity contribution in [3.05, 3.63) is 59.7 Å². The second-order valence-electron chi connectivity index (χ2n) is 6.80. The lowest BCUT2D eigenvalue weighted by Gasteiger charge is -2.20. The Morgan fingerprint density at radius 3 is 2.55 bits per heavy atom. The van der Waals surface area contributed by atoms with Gasteiger partial charge in [0.15, 0.2) is 0 Å². The molecule has 1 heterocycles. The smallest absolute Gasteiger partial charge is 0.341 e. The lowest BCUT2D eigenvalue weighted by atomic mass is 10.2. The molecule has 2 aromatic rings. The maximum absolute atomic E-state index is 12.7. The third-order valence-electron chi connectivity index (χ3n) is 4.73. The molecule has 0 N–H and O–H groups in total. The van der Waals surface area contributed by atoms with Gasteiger partial charge in [0.1, 0.15) is 0 Å². The summed E-state index contributed by atoms with van der Waals surface area (Å²) in [6, 6.07) is 14.4. The van der Waals surface area contributed by atoms with Crippen molar-refractivity contribution in [2.75, 3.05) is 30.8 Å². The molecule has 0 saturated heterocycles. The average Bonchev–Trinajstić information content (AvgIpc) is 3.13. The zero-order valence-electron chi connectivity index (χ0n) is 15.9. The molecule has 3 rings (SSSR count). The van der Waals surface area contributed by atoms with Crippen molar-refractivity contribution in [1.29, 1.82) is 0 Å². The molecular weight excluding hydrogens is 401 g/mol. The number of para-hydroxylation sites is 1. The maximum atomic E-state index is 12.7. The number of fused-ring (bicyclic) bond motifs is 1. The summed E-state index contributed by atoms with van der Waals surface area (Å²) in [5.41, 5.74) is 2.35. The molecular formula is C21H21F3N2O2S. The highest BCUT2D eigenvalue weighted by Gasteiger charge is 2.29. The summed E-state index contributed by atoms with van der Waals surface area (Å²) in [5.74, 6) is -0.408. The van der Waals surface area contributed by atoms with Crippen LogP contribution < -0.4 is 4.90 Å². The molecule has 0 spiro atoms. The second kappa shape index (κ2) is 8.90. The molecule has 0 saturated carbocycles. The van der Waals surface area contributed by atoms with E-state index >= 15 is 0 Å². The van der Waals surface area contributed by atoms with Crippen LogP contribution in [0.4, 0.5) is 18.9 Å². The number of alkyl halides is 3. The molecule has 1 aliphatic heterocycles.